The maximum atomic E-state index is 11.6. The first-order valence-electron chi connectivity index (χ1n) is 6.16. The minimum absolute atomic E-state index is 0.127. The highest BCUT2D eigenvalue weighted by molar-refractivity contribution is 7.89. The van der Waals surface area contributed by atoms with Crippen molar-refractivity contribution in [3.8, 4) is 5.75 Å². The summed E-state index contributed by atoms with van der Waals surface area (Å²) < 4.78 is 36.2. The summed E-state index contributed by atoms with van der Waals surface area (Å²) in [5, 5.41) is 0. The number of methoxy groups -OCH3 is 2. The van der Waals surface area contributed by atoms with Crippen molar-refractivity contribution in [2.75, 3.05) is 26.5 Å². The van der Waals surface area contributed by atoms with Gasteiger partial charge in [0.15, 0.2) is 0 Å². The Labute approximate surface area is 115 Å². The maximum absolute atomic E-state index is 11.6. The van der Waals surface area contributed by atoms with Crippen molar-refractivity contribution >= 4 is 10.0 Å². The second-order valence-electron chi connectivity index (χ2n) is 4.17. The molecule has 1 aromatic rings. The van der Waals surface area contributed by atoms with E-state index in [1.807, 2.05) is 31.2 Å². The van der Waals surface area contributed by atoms with Crippen molar-refractivity contribution in [2.45, 2.75) is 19.4 Å². The molecule has 1 atom stereocenters. The van der Waals surface area contributed by atoms with Gasteiger partial charge in [-0.3, -0.25) is 0 Å². The van der Waals surface area contributed by atoms with Gasteiger partial charge in [-0.15, -0.1) is 0 Å². The standard InChI is InChI=1S/C13H21NO4S/c1-4-8-19(15,16)14-10-13(18-3)11-6-5-7-12(9-11)17-2/h5-7,9,13-14H,4,8,10H2,1-3H3/t13-/m1/s1. The van der Waals surface area contributed by atoms with Crippen molar-refractivity contribution < 1.29 is 17.9 Å². The maximum Gasteiger partial charge on any atom is 0.211 e. The summed E-state index contributed by atoms with van der Waals surface area (Å²) in [4.78, 5) is 0. The van der Waals surface area contributed by atoms with Crippen LogP contribution < -0.4 is 9.46 Å². The van der Waals surface area contributed by atoms with Crippen LogP contribution in [0.5, 0.6) is 5.75 Å². The van der Waals surface area contributed by atoms with E-state index in [2.05, 4.69) is 4.72 Å². The molecule has 6 heteroatoms. The van der Waals surface area contributed by atoms with E-state index in [9.17, 15) is 8.42 Å². The molecule has 1 rings (SSSR count). The lowest BCUT2D eigenvalue weighted by atomic mass is 10.1. The van der Waals surface area contributed by atoms with Gasteiger partial charge in [0.1, 0.15) is 5.75 Å². The van der Waals surface area contributed by atoms with Crippen LogP contribution in [0.25, 0.3) is 0 Å². The summed E-state index contributed by atoms with van der Waals surface area (Å²) in [5.74, 6) is 0.845. The molecule has 19 heavy (non-hydrogen) atoms. The van der Waals surface area contributed by atoms with Gasteiger partial charge in [0, 0.05) is 13.7 Å². The molecular weight excluding hydrogens is 266 g/mol. The van der Waals surface area contributed by atoms with Crippen molar-refractivity contribution in [3.63, 3.8) is 0 Å². The van der Waals surface area contributed by atoms with Crippen molar-refractivity contribution in [3.05, 3.63) is 29.8 Å². The van der Waals surface area contributed by atoms with Crippen molar-refractivity contribution in [1.82, 2.24) is 4.72 Å². The fraction of sp³-hybridized carbons (Fsp3) is 0.538. The Kier molecular flexibility index (Phi) is 6.27. The molecule has 0 fully saturated rings. The van der Waals surface area contributed by atoms with Gasteiger partial charge in [-0.2, -0.15) is 0 Å². The van der Waals surface area contributed by atoms with E-state index >= 15 is 0 Å². The molecule has 0 aliphatic heterocycles. The highest BCUT2D eigenvalue weighted by atomic mass is 32.2. The van der Waals surface area contributed by atoms with Crippen LogP contribution in [0, 0.1) is 0 Å². The monoisotopic (exact) mass is 287 g/mol. The van der Waals surface area contributed by atoms with Gasteiger partial charge in [0.2, 0.25) is 10.0 Å². The fourth-order valence-corrected chi connectivity index (χ4v) is 2.81. The zero-order chi connectivity index (χ0) is 14.3. The summed E-state index contributed by atoms with van der Waals surface area (Å²) in [7, 11) is -0.0797. The SMILES string of the molecule is CCCS(=O)(=O)NC[C@@H](OC)c1cccc(OC)c1. The van der Waals surface area contributed by atoms with Gasteiger partial charge in [-0.1, -0.05) is 19.1 Å². The van der Waals surface area contributed by atoms with Crippen LogP contribution in [0.2, 0.25) is 0 Å². The Balaban J connectivity index is 2.73. The summed E-state index contributed by atoms with van der Waals surface area (Å²) in [5.41, 5.74) is 0.876. The molecule has 0 heterocycles. The van der Waals surface area contributed by atoms with Crippen LogP contribution in [0.15, 0.2) is 24.3 Å². The van der Waals surface area contributed by atoms with Crippen molar-refractivity contribution in [1.29, 1.82) is 0 Å². The Morgan fingerprint density at radius 3 is 2.63 bits per heavy atom. The number of sulfonamides is 1. The molecule has 0 bridgehead atoms. The van der Waals surface area contributed by atoms with Crippen LogP contribution in [0.3, 0.4) is 0 Å². The minimum atomic E-state index is -3.22. The number of nitrogens with one attached hydrogen (secondary N) is 1. The van der Waals surface area contributed by atoms with Crippen LogP contribution in [-0.4, -0.2) is 34.9 Å². The third-order valence-electron chi connectivity index (χ3n) is 2.71. The van der Waals surface area contributed by atoms with E-state index in [0.29, 0.717) is 6.42 Å². The quantitative estimate of drug-likeness (QED) is 0.790. The number of hydrogen-bond acceptors (Lipinski definition) is 4. The Morgan fingerprint density at radius 1 is 1.32 bits per heavy atom. The van der Waals surface area contributed by atoms with E-state index in [1.165, 1.54) is 0 Å². The normalized spacial score (nSPS) is 13.2. The summed E-state index contributed by atoms with van der Waals surface area (Å²) in [6.45, 7) is 2.04. The molecule has 0 amide bonds. The molecular formula is C13H21NO4S. The largest absolute Gasteiger partial charge is 0.497 e. The van der Waals surface area contributed by atoms with Crippen LogP contribution in [0.4, 0.5) is 0 Å². The molecule has 0 spiro atoms. The van der Waals surface area contributed by atoms with E-state index in [-0.39, 0.29) is 18.4 Å². The molecule has 1 aromatic carbocycles. The summed E-state index contributed by atoms with van der Waals surface area (Å²) in [6.07, 6.45) is 0.258. The zero-order valence-electron chi connectivity index (χ0n) is 11.5. The second-order valence-corrected chi connectivity index (χ2v) is 6.09. The fourth-order valence-electron chi connectivity index (χ4n) is 1.72. The topological polar surface area (TPSA) is 64.6 Å². The molecule has 0 saturated carbocycles. The summed E-state index contributed by atoms with van der Waals surface area (Å²) in [6, 6.07) is 7.39. The lowest BCUT2D eigenvalue weighted by molar-refractivity contribution is 0.107. The number of rotatable bonds is 8. The molecule has 5 nitrogen and oxygen atoms in total. The van der Waals surface area contributed by atoms with Gasteiger partial charge >= 0.3 is 0 Å². The van der Waals surface area contributed by atoms with Gasteiger partial charge in [0.05, 0.1) is 19.0 Å². The third kappa shape index (κ3) is 5.18. The number of benzene rings is 1. The first-order chi connectivity index (χ1) is 9.02. The molecule has 0 unspecified atom stereocenters. The second kappa shape index (κ2) is 7.47. The Bertz CT molecular complexity index is 487. The number of ether oxygens (including phenoxy) is 2. The first kappa shape index (κ1) is 15.9. The highest BCUT2D eigenvalue weighted by Gasteiger charge is 2.15. The molecule has 0 aromatic heterocycles. The molecule has 108 valence electrons. The lowest BCUT2D eigenvalue weighted by Crippen LogP contribution is -2.31. The Hall–Kier alpha value is -1.11. The van der Waals surface area contributed by atoms with Crippen LogP contribution >= 0.6 is 0 Å². The molecule has 0 saturated heterocycles. The lowest BCUT2D eigenvalue weighted by Gasteiger charge is -2.17. The smallest absolute Gasteiger partial charge is 0.211 e. The summed E-state index contributed by atoms with van der Waals surface area (Å²) >= 11 is 0. The first-order valence-corrected chi connectivity index (χ1v) is 7.81. The predicted molar refractivity (Wildman–Crippen MR) is 74.8 cm³/mol. The molecule has 1 N–H and O–H groups in total. The number of hydrogen-bond donors (Lipinski definition) is 1. The van der Waals surface area contributed by atoms with E-state index in [4.69, 9.17) is 9.47 Å². The van der Waals surface area contributed by atoms with E-state index in [1.54, 1.807) is 14.2 Å². The molecule has 0 aliphatic rings. The van der Waals surface area contributed by atoms with Gasteiger partial charge < -0.3 is 9.47 Å². The van der Waals surface area contributed by atoms with Gasteiger partial charge in [-0.25, -0.2) is 13.1 Å². The van der Waals surface area contributed by atoms with Crippen LogP contribution in [0.1, 0.15) is 25.0 Å². The average Bonchev–Trinajstić information content (AvgIpc) is 2.39. The Morgan fingerprint density at radius 2 is 2.05 bits per heavy atom. The van der Waals surface area contributed by atoms with Gasteiger partial charge in [0.25, 0.3) is 0 Å². The van der Waals surface area contributed by atoms with Gasteiger partial charge in [-0.05, 0) is 24.1 Å². The zero-order valence-corrected chi connectivity index (χ0v) is 12.4. The van der Waals surface area contributed by atoms with E-state index < -0.39 is 10.0 Å². The molecule has 0 radical (unpaired) electrons. The van der Waals surface area contributed by atoms with Crippen LogP contribution in [-0.2, 0) is 14.8 Å². The average molecular weight is 287 g/mol. The van der Waals surface area contributed by atoms with E-state index in [0.717, 1.165) is 11.3 Å². The minimum Gasteiger partial charge on any atom is -0.497 e. The van der Waals surface area contributed by atoms with Crippen molar-refractivity contribution in [2.24, 2.45) is 0 Å². The highest BCUT2D eigenvalue weighted by Crippen LogP contribution is 2.21. The predicted octanol–water partition coefficient (Wildman–Crippen LogP) is 1.71. The molecule has 0 aliphatic carbocycles. The third-order valence-corrected chi connectivity index (χ3v) is 4.26.